The molecule has 2 rings (SSSR count). The highest BCUT2D eigenvalue weighted by Crippen LogP contribution is 2.37. The summed E-state index contributed by atoms with van der Waals surface area (Å²) in [4.78, 5) is 0. The van der Waals surface area contributed by atoms with Crippen LogP contribution >= 0.6 is 12.4 Å². The first kappa shape index (κ1) is 12.5. The molecule has 84 valence electrons. The Kier molecular flexibility index (Phi) is 4.18. The molecule has 1 aliphatic rings. The molecule has 1 atom stereocenters. The molecular formula is C13H20ClN. The molecule has 1 aromatic rings. The molecule has 1 fully saturated rings. The summed E-state index contributed by atoms with van der Waals surface area (Å²) in [5, 5.41) is 0. The van der Waals surface area contributed by atoms with E-state index in [9.17, 15) is 0 Å². The van der Waals surface area contributed by atoms with Gasteiger partial charge in [-0.05, 0) is 37.3 Å². The normalized spacial score (nSPS) is 17.0. The number of nitrogens with two attached hydrogens (primary N) is 1. The van der Waals surface area contributed by atoms with Gasteiger partial charge in [0.2, 0.25) is 0 Å². The van der Waals surface area contributed by atoms with Crippen molar-refractivity contribution in [1.29, 1.82) is 0 Å². The topological polar surface area (TPSA) is 26.0 Å². The second-order valence-electron chi connectivity index (χ2n) is 4.65. The number of hydrogen-bond donors (Lipinski definition) is 1. The van der Waals surface area contributed by atoms with Gasteiger partial charge in [0.05, 0.1) is 0 Å². The predicted octanol–water partition coefficient (Wildman–Crippen LogP) is 3.53. The van der Waals surface area contributed by atoms with Crippen molar-refractivity contribution < 1.29 is 0 Å². The Hall–Kier alpha value is -0.530. The van der Waals surface area contributed by atoms with Crippen LogP contribution in [-0.2, 0) is 0 Å². The molecule has 0 aromatic heterocycles. The lowest BCUT2D eigenvalue weighted by atomic mass is 9.96. The zero-order chi connectivity index (χ0) is 10.1. The zero-order valence-corrected chi connectivity index (χ0v) is 10.3. The first-order valence-electron chi connectivity index (χ1n) is 5.49. The van der Waals surface area contributed by atoms with E-state index in [2.05, 4.69) is 32.0 Å². The molecule has 1 saturated carbocycles. The fraction of sp³-hybridized carbons (Fsp3) is 0.538. The fourth-order valence-electron chi connectivity index (χ4n) is 2.08. The summed E-state index contributed by atoms with van der Waals surface area (Å²) in [6.07, 6.45) is 3.95. The van der Waals surface area contributed by atoms with E-state index in [0.717, 1.165) is 5.92 Å². The highest BCUT2D eigenvalue weighted by molar-refractivity contribution is 5.85. The van der Waals surface area contributed by atoms with Crippen LogP contribution in [0.2, 0.25) is 0 Å². The Morgan fingerprint density at radius 2 is 2.00 bits per heavy atom. The van der Waals surface area contributed by atoms with Crippen molar-refractivity contribution in [3.63, 3.8) is 0 Å². The number of rotatable bonds is 3. The maximum Gasteiger partial charge on any atom is 0.0300 e. The lowest BCUT2D eigenvalue weighted by Crippen LogP contribution is -2.12. The van der Waals surface area contributed by atoms with Crippen LogP contribution in [0.5, 0.6) is 0 Å². The maximum atomic E-state index is 6.19. The van der Waals surface area contributed by atoms with E-state index in [1.54, 1.807) is 0 Å². The van der Waals surface area contributed by atoms with Crippen LogP contribution in [0.1, 0.15) is 42.0 Å². The van der Waals surface area contributed by atoms with E-state index >= 15 is 0 Å². The van der Waals surface area contributed by atoms with Gasteiger partial charge in [0.1, 0.15) is 0 Å². The third-order valence-electron chi connectivity index (χ3n) is 3.11. The SMILES string of the molecule is Cc1ccc([C@H](N)CC2CC2)c(C)c1.Cl. The van der Waals surface area contributed by atoms with E-state index < -0.39 is 0 Å². The van der Waals surface area contributed by atoms with Crippen molar-refractivity contribution in [3.8, 4) is 0 Å². The molecule has 0 unspecified atom stereocenters. The first-order valence-corrected chi connectivity index (χ1v) is 5.49. The lowest BCUT2D eigenvalue weighted by molar-refractivity contribution is 0.594. The summed E-state index contributed by atoms with van der Waals surface area (Å²) in [6, 6.07) is 6.83. The Balaban J connectivity index is 0.00000112. The van der Waals surface area contributed by atoms with E-state index in [1.807, 2.05) is 0 Å². The number of aryl methyl sites for hydroxylation is 2. The monoisotopic (exact) mass is 225 g/mol. The largest absolute Gasteiger partial charge is 0.324 e. The van der Waals surface area contributed by atoms with Gasteiger partial charge in [-0.2, -0.15) is 0 Å². The Morgan fingerprint density at radius 1 is 1.33 bits per heavy atom. The minimum absolute atomic E-state index is 0. The maximum absolute atomic E-state index is 6.19. The van der Waals surface area contributed by atoms with Gasteiger partial charge in [0, 0.05) is 6.04 Å². The van der Waals surface area contributed by atoms with Gasteiger partial charge < -0.3 is 5.73 Å². The number of hydrogen-bond acceptors (Lipinski definition) is 1. The minimum Gasteiger partial charge on any atom is -0.324 e. The van der Waals surface area contributed by atoms with Crippen LogP contribution < -0.4 is 5.73 Å². The summed E-state index contributed by atoms with van der Waals surface area (Å²) in [6.45, 7) is 4.29. The first-order chi connectivity index (χ1) is 6.66. The molecule has 2 heteroatoms. The Bertz CT molecular complexity index is 331. The van der Waals surface area contributed by atoms with Crippen molar-refractivity contribution in [1.82, 2.24) is 0 Å². The van der Waals surface area contributed by atoms with Crippen molar-refractivity contribution in [3.05, 3.63) is 34.9 Å². The minimum atomic E-state index is 0. The average Bonchev–Trinajstić information content (AvgIpc) is 2.87. The average molecular weight is 226 g/mol. The van der Waals surface area contributed by atoms with Gasteiger partial charge >= 0.3 is 0 Å². The molecule has 1 aliphatic carbocycles. The smallest absolute Gasteiger partial charge is 0.0300 e. The van der Waals surface area contributed by atoms with E-state index in [-0.39, 0.29) is 18.4 Å². The summed E-state index contributed by atoms with van der Waals surface area (Å²) in [7, 11) is 0. The van der Waals surface area contributed by atoms with E-state index in [4.69, 9.17) is 5.73 Å². The number of halogens is 1. The predicted molar refractivity (Wildman–Crippen MR) is 67.4 cm³/mol. The van der Waals surface area contributed by atoms with Crippen LogP contribution in [0.25, 0.3) is 0 Å². The molecule has 0 bridgehead atoms. The van der Waals surface area contributed by atoms with Crippen LogP contribution in [0.15, 0.2) is 18.2 Å². The lowest BCUT2D eigenvalue weighted by Gasteiger charge is -2.14. The van der Waals surface area contributed by atoms with Crippen LogP contribution in [0.3, 0.4) is 0 Å². The summed E-state index contributed by atoms with van der Waals surface area (Å²) in [5.41, 5.74) is 10.2. The van der Waals surface area contributed by atoms with Crippen molar-refractivity contribution in [2.45, 2.75) is 39.2 Å². The third kappa shape index (κ3) is 3.22. The summed E-state index contributed by atoms with van der Waals surface area (Å²) in [5.74, 6) is 0.908. The molecular weight excluding hydrogens is 206 g/mol. The van der Waals surface area contributed by atoms with Crippen molar-refractivity contribution >= 4 is 12.4 Å². The summed E-state index contributed by atoms with van der Waals surface area (Å²) < 4.78 is 0. The van der Waals surface area contributed by atoms with Crippen LogP contribution in [0, 0.1) is 19.8 Å². The zero-order valence-electron chi connectivity index (χ0n) is 9.49. The van der Waals surface area contributed by atoms with Crippen molar-refractivity contribution in [2.24, 2.45) is 11.7 Å². The van der Waals surface area contributed by atoms with Crippen molar-refractivity contribution in [2.75, 3.05) is 0 Å². The molecule has 0 amide bonds. The van der Waals surface area contributed by atoms with Gasteiger partial charge in [-0.25, -0.2) is 0 Å². The quantitative estimate of drug-likeness (QED) is 0.837. The second kappa shape index (κ2) is 5.00. The molecule has 1 nitrogen and oxygen atoms in total. The summed E-state index contributed by atoms with van der Waals surface area (Å²) >= 11 is 0. The van der Waals surface area contributed by atoms with Gasteiger partial charge in [-0.15, -0.1) is 12.4 Å². The molecule has 0 aliphatic heterocycles. The van der Waals surface area contributed by atoms with Gasteiger partial charge in [0.25, 0.3) is 0 Å². The van der Waals surface area contributed by atoms with Gasteiger partial charge in [-0.3, -0.25) is 0 Å². The van der Waals surface area contributed by atoms with Crippen LogP contribution in [-0.4, -0.2) is 0 Å². The Labute approximate surface area is 98.5 Å². The van der Waals surface area contributed by atoms with E-state index in [0.29, 0.717) is 0 Å². The molecule has 0 heterocycles. The third-order valence-corrected chi connectivity index (χ3v) is 3.11. The second-order valence-corrected chi connectivity index (χ2v) is 4.65. The molecule has 15 heavy (non-hydrogen) atoms. The van der Waals surface area contributed by atoms with Crippen LogP contribution in [0.4, 0.5) is 0 Å². The molecule has 0 saturated heterocycles. The number of benzene rings is 1. The molecule has 0 spiro atoms. The standard InChI is InChI=1S/C13H19N.ClH/c1-9-3-6-12(10(2)7-9)13(14)8-11-4-5-11;/h3,6-7,11,13H,4-5,8,14H2,1-2H3;1H/t13-;/m1./s1. The fourth-order valence-corrected chi connectivity index (χ4v) is 2.08. The van der Waals surface area contributed by atoms with Gasteiger partial charge in [0.15, 0.2) is 0 Å². The molecule has 2 N–H and O–H groups in total. The molecule has 1 aromatic carbocycles. The molecule has 0 radical (unpaired) electrons. The van der Waals surface area contributed by atoms with E-state index in [1.165, 1.54) is 36.0 Å². The van der Waals surface area contributed by atoms with Gasteiger partial charge in [-0.1, -0.05) is 36.6 Å². The highest BCUT2D eigenvalue weighted by atomic mass is 35.5. The highest BCUT2D eigenvalue weighted by Gasteiger charge is 2.24. The Morgan fingerprint density at radius 3 is 2.53 bits per heavy atom.